The van der Waals surface area contributed by atoms with Gasteiger partial charge in [-0.25, -0.2) is 0 Å². The van der Waals surface area contributed by atoms with Gasteiger partial charge < -0.3 is 20.2 Å². The standard InChI is InChI=1S/C19H16ClN5O6/c1-9-4-10(2)11(3)15(5-9)31-14-7-12(6-13(8-14)24(27)28)21-19(26)17-16(20)18(23-22-17)25(29)30/h4-8H,1-3H3,(H,21,26)(H,22,23). The summed E-state index contributed by atoms with van der Waals surface area (Å²) in [6.07, 6.45) is 0. The van der Waals surface area contributed by atoms with Crippen LogP contribution in [0.1, 0.15) is 27.2 Å². The molecule has 2 aromatic carbocycles. The fourth-order valence-corrected chi connectivity index (χ4v) is 3.07. The summed E-state index contributed by atoms with van der Waals surface area (Å²) in [6, 6.07) is 7.50. The van der Waals surface area contributed by atoms with Gasteiger partial charge in [-0.3, -0.25) is 14.9 Å². The number of aromatic nitrogens is 2. The summed E-state index contributed by atoms with van der Waals surface area (Å²) >= 11 is 5.82. The first-order chi connectivity index (χ1) is 14.6. The van der Waals surface area contributed by atoms with Crippen LogP contribution in [0.5, 0.6) is 11.5 Å². The lowest BCUT2D eigenvalue weighted by Crippen LogP contribution is -2.13. The number of amides is 1. The van der Waals surface area contributed by atoms with Crippen molar-refractivity contribution in [3.05, 3.63) is 78.0 Å². The van der Waals surface area contributed by atoms with Crippen LogP contribution < -0.4 is 10.1 Å². The van der Waals surface area contributed by atoms with Crippen LogP contribution in [0.2, 0.25) is 5.02 Å². The number of aryl methyl sites for hydroxylation is 2. The van der Waals surface area contributed by atoms with Gasteiger partial charge in [0.1, 0.15) is 11.5 Å². The third kappa shape index (κ3) is 4.61. The van der Waals surface area contributed by atoms with Crippen molar-refractivity contribution in [1.82, 2.24) is 10.2 Å². The van der Waals surface area contributed by atoms with Crippen LogP contribution in [0.15, 0.2) is 30.3 Å². The number of nitrogens with one attached hydrogen (secondary N) is 2. The number of benzene rings is 2. The van der Waals surface area contributed by atoms with Crippen molar-refractivity contribution in [3.8, 4) is 11.5 Å². The first-order valence-corrected chi connectivity index (χ1v) is 9.19. The van der Waals surface area contributed by atoms with Crippen LogP contribution in [0, 0.1) is 41.0 Å². The van der Waals surface area contributed by atoms with Crippen molar-refractivity contribution in [3.63, 3.8) is 0 Å². The van der Waals surface area contributed by atoms with E-state index in [9.17, 15) is 25.0 Å². The number of H-pyrrole nitrogens is 1. The molecule has 1 heterocycles. The first kappa shape index (κ1) is 21.7. The number of carbonyl (C=O) groups excluding carboxylic acids is 1. The molecule has 0 saturated carbocycles. The molecule has 0 spiro atoms. The van der Waals surface area contributed by atoms with Gasteiger partial charge in [0, 0.05) is 12.1 Å². The van der Waals surface area contributed by atoms with Crippen LogP contribution in [-0.4, -0.2) is 26.0 Å². The first-order valence-electron chi connectivity index (χ1n) is 8.81. The SMILES string of the molecule is Cc1cc(C)c(C)c(Oc2cc(NC(=O)c3n[nH]c([N+](=O)[O-])c3Cl)cc([N+](=O)[O-])c2)c1. The molecule has 3 aromatic rings. The average Bonchev–Trinajstić information content (AvgIpc) is 3.07. The summed E-state index contributed by atoms with van der Waals surface area (Å²) in [6.45, 7) is 5.67. The van der Waals surface area contributed by atoms with Gasteiger partial charge in [0.15, 0.2) is 10.7 Å². The van der Waals surface area contributed by atoms with Gasteiger partial charge in [-0.05, 0) is 48.5 Å². The van der Waals surface area contributed by atoms with Crippen LogP contribution in [0.3, 0.4) is 0 Å². The van der Waals surface area contributed by atoms with E-state index in [0.717, 1.165) is 22.8 Å². The van der Waals surface area contributed by atoms with Crippen molar-refractivity contribution in [2.45, 2.75) is 20.8 Å². The van der Waals surface area contributed by atoms with Crippen molar-refractivity contribution < 1.29 is 19.4 Å². The zero-order valence-electron chi connectivity index (χ0n) is 16.6. The third-order valence-electron chi connectivity index (χ3n) is 4.44. The lowest BCUT2D eigenvalue weighted by Gasteiger charge is -2.13. The van der Waals surface area contributed by atoms with E-state index in [1.54, 1.807) is 6.07 Å². The maximum atomic E-state index is 12.5. The largest absolute Gasteiger partial charge is 0.457 e. The Balaban J connectivity index is 1.95. The number of anilines is 1. The van der Waals surface area contributed by atoms with E-state index in [0.29, 0.717) is 5.75 Å². The molecule has 31 heavy (non-hydrogen) atoms. The van der Waals surface area contributed by atoms with E-state index in [-0.39, 0.29) is 17.1 Å². The van der Waals surface area contributed by atoms with Crippen molar-refractivity contribution in [1.29, 1.82) is 0 Å². The van der Waals surface area contributed by atoms with E-state index in [2.05, 4.69) is 15.5 Å². The zero-order valence-corrected chi connectivity index (χ0v) is 17.3. The molecule has 0 fully saturated rings. The highest BCUT2D eigenvalue weighted by molar-refractivity contribution is 6.35. The van der Waals surface area contributed by atoms with Crippen molar-refractivity contribution >= 4 is 34.7 Å². The van der Waals surface area contributed by atoms with E-state index < -0.39 is 32.3 Å². The summed E-state index contributed by atoms with van der Waals surface area (Å²) in [7, 11) is 0. The quantitative estimate of drug-likeness (QED) is 0.406. The van der Waals surface area contributed by atoms with Gasteiger partial charge in [0.05, 0.1) is 16.7 Å². The number of hydrogen-bond donors (Lipinski definition) is 2. The molecule has 12 heteroatoms. The molecule has 0 aliphatic heterocycles. The predicted octanol–water partition coefficient (Wildman–Crippen LogP) is 4.85. The molecule has 1 amide bonds. The van der Waals surface area contributed by atoms with E-state index in [1.165, 1.54) is 12.1 Å². The number of nitro benzene ring substituents is 1. The molecular weight excluding hydrogens is 430 g/mol. The Kier molecular flexibility index (Phi) is 5.88. The molecule has 0 bridgehead atoms. The normalized spacial score (nSPS) is 10.6. The number of carbonyl (C=O) groups is 1. The van der Waals surface area contributed by atoms with Gasteiger partial charge >= 0.3 is 5.82 Å². The average molecular weight is 446 g/mol. The lowest BCUT2D eigenvalue weighted by molar-refractivity contribution is -0.389. The van der Waals surface area contributed by atoms with Crippen LogP contribution in [-0.2, 0) is 0 Å². The minimum Gasteiger partial charge on any atom is -0.457 e. The number of halogens is 1. The number of rotatable bonds is 6. The minimum absolute atomic E-state index is 0.0259. The second-order valence-corrected chi connectivity index (χ2v) is 7.10. The van der Waals surface area contributed by atoms with Crippen LogP contribution in [0.4, 0.5) is 17.2 Å². The smallest absolute Gasteiger partial charge is 0.362 e. The molecule has 160 valence electrons. The Morgan fingerprint density at radius 1 is 1.10 bits per heavy atom. The van der Waals surface area contributed by atoms with Crippen LogP contribution in [0.25, 0.3) is 0 Å². The molecule has 0 atom stereocenters. The van der Waals surface area contributed by atoms with Gasteiger partial charge in [-0.15, -0.1) is 5.10 Å². The molecule has 0 aliphatic rings. The highest BCUT2D eigenvalue weighted by Crippen LogP contribution is 2.33. The van der Waals surface area contributed by atoms with Gasteiger partial charge in [-0.1, -0.05) is 22.8 Å². The van der Waals surface area contributed by atoms with E-state index >= 15 is 0 Å². The summed E-state index contributed by atoms with van der Waals surface area (Å²) in [5, 5.41) is 29.7. The summed E-state index contributed by atoms with van der Waals surface area (Å²) in [4.78, 5) is 33.2. The Morgan fingerprint density at radius 3 is 2.42 bits per heavy atom. The number of ether oxygens (including phenoxy) is 1. The second kappa shape index (κ2) is 8.40. The van der Waals surface area contributed by atoms with Gasteiger partial charge in [0.2, 0.25) is 0 Å². The highest BCUT2D eigenvalue weighted by atomic mass is 35.5. The summed E-state index contributed by atoms with van der Waals surface area (Å²) in [5.74, 6) is -0.887. The van der Waals surface area contributed by atoms with Gasteiger partial charge in [-0.2, -0.15) is 0 Å². The Morgan fingerprint density at radius 2 is 1.81 bits per heavy atom. The molecule has 0 radical (unpaired) electrons. The van der Waals surface area contributed by atoms with E-state index in [4.69, 9.17) is 16.3 Å². The zero-order chi connectivity index (χ0) is 22.9. The van der Waals surface area contributed by atoms with Crippen LogP contribution >= 0.6 is 11.6 Å². The summed E-state index contributed by atoms with van der Waals surface area (Å²) in [5.41, 5.74) is 2.08. The number of hydrogen-bond acceptors (Lipinski definition) is 7. The monoisotopic (exact) mass is 445 g/mol. The molecule has 0 saturated heterocycles. The van der Waals surface area contributed by atoms with Crippen molar-refractivity contribution in [2.75, 3.05) is 5.32 Å². The minimum atomic E-state index is -0.886. The second-order valence-electron chi connectivity index (χ2n) is 6.73. The molecule has 0 aliphatic carbocycles. The molecule has 3 rings (SSSR count). The lowest BCUT2D eigenvalue weighted by atomic mass is 10.1. The number of nitro groups is 2. The van der Waals surface area contributed by atoms with Crippen molar-refractivity contribution in [2.24, 2.45) is 0 Å². The Bertz CT molecular complexity index is 1220. The van der Waals surface area contributed by atoms with Gasteiger partial charge in [0.25, 0.3) is 11.6 Å². The number of nitrogens with zero attached hydrogens (tertiary/aromatic N) is 3. The molecular formula is C19H16ClN5O6. The molecule has 2 N–H and O–H groups in total. The Hall–Kier alpha value is -3.99. The molecule has 0 unspecified atom stereocenters. The Labute approximate surface area is 180 Å². The maximum Gasteiger partial charge on any atom is 0.362 e. The topological polar surface area (TPSA) is 153 Å². The number of aromatic amines is 1. The fraction of sp³-hybridized carbons (Fsp3) is 0.158. The predicted molar refractivity (Wildman–Crippen MR) is 112 cm³/mol. The van der Waals surface area contributed by atoms with E-state index in [1.807, 2.05) is 26.8 Å². The fourth-order valence-electron chi connectivity index (χ4n) is 2.83. The summed E-state index contributed by atoms with van der Waals surface area (Å²) < 4.78 is 5.86. The number of non-ortho nitro benzene ring substituents is 1. The molecule has 1 aromatic heterocycles. The third-order valence-corrected chi connectivity index (χ3v) is 4.80. The molecule has 11 nitrogen and oxygen atoms in total. The maximum absolute atomic E-state index is 12.5. The highest BCUT2D eigenvalue weighted by Gasteiger charge is 2.26.